The number of thiazole rings is 1. The lowest BCUT2D eigenvalue weighted by molar-refractivity contribution is 0.327. The van der Waals surface area contributed by atoms with Gasteiger partial charge in [0.1, 0.15) is 22.3 Å². The predicted molar refractivity (Wildman–Crippen MR) is 117 cm³/mol. The van der Waals surface area contributed by atoms with Crippen LogP contribution in [0.1, 0.15) is 24.1 Å². The molecule has 0 bridgehead atoms. The van der Waals surface area contributed by atoms with Crippen molar-refractivity contribution in [2.24, 2.45) is 0 Å². The molecular formula is C22H22N6S. The Balaban J connectivity index is 1.37. The lowest BCUT2D eigenvalue weighted by Crippen LogP contribution is -2.19. The van der Waals surface area contributed by atoms with Gasteiger partial charge in [-0.2, -0.15) is 0 Å². The average Bonchev–Trinajstić information content (AvgIpc) is 3.38. The van der Waals surface area contributed by atoms with E-state index in [9.17, 15) is 0 Å². The van der Waals surface area contributed by atoms with E-state index in [0.717, 1.165) is 50.4 Å². The van der Waals surface area contributed by atoms with Crippen molar-refractivity contribution in [3.8, 4) is 10.7 Å². The summed E-state index contributed by atoms with van der Waals surface area (Å²) in [5, 5.41) is 4.25. The maximum atomic E-state index is 4.78. The van der Waals surface area contributed by atoms with Crippen molar-refractivity contribution in [2.45, 2.75) is 26.3 Å². The van der Waals surface area contributed by atoms with Gasteiger partial charge in [0.05, 0.1) is 15.9 Å². The van der Waals surface area contributed by atoms with Crippen molar-refractivity contribution in [1.29, 1.82) is 0 Å². The van der Waals surface area contributed by atoms with E-state index in [4.69, 9.17) is 9.97 Å². The normalized spacial score (nSPS) is 14.5. The molecule has 4 aromatic heterocycles. The number of aryl methyl sites for hydroxylation is 1. The first-order valence-electron chi connectivity index (χ1n) is 9.88. The van der Waals surface area contributed by atoms with Crippen LogP contribution in [0, 0.1) is 6.92 Å². The minimum atomic E-state index is 0.748. The molecule has 0 unspecified atom stereocenters. The number of nitrogens with one attached hydrogen (secondary N) is 1. The molecule has 0 amide bonds. The highest BCUT2D eigenvalue weighted by atomic mass is 32.1. The monoisotopic (exact) mass is 402 g/mol. The first kappa shape index (κ1) is 18.1. The smallest absolute Gasteiger partial charge is 0.143 e. The van der Waals surface area contributed by atoms with Gasteiger partial charge >= 0.3 is 0 Å². The van der Waals surface area contributed by atoms with Crippen LogP contribution in [0.15, 0.2) is 48.8 Å². The number of nitrogens with zero attached hydrogens (tertiary/aromatic N) is 5. The molecule has 4 aromatic rings. The number of fused-ring (bicyclic) bond motifs is 1. The van der Waals surface area contributed by atoms with Crippen LogP contribution in [-0.4, -0.2) is 37.9 Å². The molecule has 1 aliphatic rings. The molecule has 29 heavy (non-hydrogen) atoms. The van der Waals surface area contributed by atoms with Gasteiger partial charge in [-0.05, 0) is 56.6 Å². The van der Waals surface area contributed by atoms with Crippen molar-refractivity contribution in [2.75, 3.05) is 18.4 Å². The molecule has 6 nitrogen and oxygen atoms in total. The Bertz CT molecular complexity index is 1150. The van der Waals surface area contributed by atoms with Gasteiger partial charge < -0.3 is 5.32 Å². The molecule has 0 aliphatic carbocycles. The van der Waals surface area contributed by atoms with Gasteiger partial charge in [0.25, 0.3) is 0 Å². The number of likely N-dealkylation sites (tertiary alicyclic amines) is 1. The molecule has 1 aliphatic heterocycles. The summed E-state index contributed by atoms with van der Waals surface area (Å²) in [4.78, 5) is 21.0. The average molecular weight is 403 g/mol. The molecule has 0 aromatic carbocycles. The summed E-state index contributed by atoms with van der Waals surface area (Å²) < 4.78 is 1.05. The Hall–Kier alpha value is -2.90. The minimum Gasteiger partial charge on any atom is -0.325 e. The molecule has 146 valence electrons. The largest absolute Gasteiger partial charge is 0.325 e. The zero-order valence-electron chi connectivity index (χ0n) is 16.3. The topological polar surface area (TPSA) is 66.8 Å². The van der Waals surface area contributed by atoms with Crippen molar-refractivity contribution in [3.63, 3.8) is 0 Å². The van der Waals surface area contributed by atoms with Crippen LogP contribution in [0.3, 0.4) is 0 Å². The van der Waals surface area contributed by atoms with E-state index >= 15 is 0 Å². The summed E-state index contributed by atoms with van der Waals surface area (Å²) in [7, 11) is 0. The third kappa shape index (κ3) is 3.97. The Labute approximate surface area is 173 Å². The number of rotatable bonds is 5. The van der Waals surface area contributed by atoms with Crippen molar-refractivity contribution in [3.05, 3.63) is 60.0 Å². The number of hydrogen-bond donors (Lipinski definition) is 1. The molecule has 1 saturated heterocycles. The molecular weight excluding hydrogens is 380 g/mol. The van der Waals surface area contributed by atoms with Crippen LogP contribution < -0.4 is 5.32 Å². The van der Waals surface area contributed by atoms with Crippen LogP contribution >= 0.6 is 11.3 Å². The molecule has 0 saturated carbocycles. The summed E-state index contributed by atoms with van der Waals surface area (Å²) >= 11 is 1.61. The van der Waals surface area contributed by atoms with E-state index in [2.05, 4.69) is 39.2 Å². The number of pyridine rings is 3. The Morgan fingerprint density at radius 2 is 1.93 bits per heavy atom. The zero-order valence-corrected chi connectivity index (χ0v) is 17.1. The minimum absolute atomic E-state index is 0.748. The molecule has 0 atom stereocenters. The molecule has 0 radical (unpaired) electrons. The fourth-order valence-corrected chi connectivity index (χ4v) is 4.63. The number of aromatic nitrogens is 4. The predicted octanol–water partition coefficient (Wildman–Crippen LogP) is 4.80. The lowest BCUT2D eigenvalue weighted by Gasteiger charge is -2.14. The lowest BCUT2D eigenvalue weighted by atomic mass is 10.2. The first-order chi connectivity index (χ1) is 14.2. The SMILES string of the molecule is Cc1cccnc1-c1nc2cc(Nc3cccc(CN4CCCC4)n3)ncc2s1. The van der Waals surface area contributed by atoms with Gasteiger partial charge in [0, 0.05) is 25.0 Å². The summed E-state index contributed by atoms with van der Waals surface area (Å²) in [6, 6.07) is 12.1. The van der Waals surface area contributed by atoms with E-state index < -0.39 is 0 Å². The number of hydrogen-bond acceptors (Lipinski definition) is 7. The molecule has 0 spiro atoms. The standard InChI is InChI=1S/C22H22N6S/c1-15-6-5-9-23-21(15)22-26-17-12-20(24-13-18(17)29-22)27-19-8-4-7-16(25-19)14-28-10-2-3-11-28/h4-9,12-13H,2-3,10-11,14H2,1H3,(H,24,25,27). The zero-order chi connectivity index (χ0) is 19.6. The van der Waals surface area contributed by atoms with Crippen LogP contribution in [0.5, 0.6) is 0 Å². The van der Waals surface area contributed by atoms with Gasteiger partial charge in [-0.25, -0.2) is 15.0 Å². The second-order valence-electron chi connectivity index (χ2n) is 7.35. The van der Waals surface area contributed by atoms with Gasteiger partial charge in [0.15, 0.2) is 0 Å². The fraction of sp³-hybridized carbons (Fsp3) is 0.273. The highest BCUT2D eigenvalue weighted by Crippen LogP contribution is 2.31. The highest BCUT2D eigenvalue weighted by molar-refractivity contribution is 7.21. The summed E-state index contributed by atoms with van der Waals surface area (Å²) in [5.41, 5.74) is 4.05. The van der Waals surface area contributed by atoms with Gasteiger partial charge in [-0.3, -0.25) is 9.88 Å². The van der Waals surface area contributed by atoms with Crippen molar-refractivity contribution in [1.82, 2.24) is 24.8 Å². The Kier molecular flexibility index (Phi) is 4.91. The van der Waals surface area contributed by atoms with Crippen LogP contribution in [-0.2, 0) is 6.54 Å². The number of anilines is 2. The van der Waals surface area contributed by atoms with E-state index in [0.29, 0.717) is 0 Å². The first-order valence-corrected chi connectivity index (χ1v) is 10.7. The Morgan fingerprint density at radius 3 is 2.79 bits per heavy atom. The summed E-state index contributed by atoms with van der Waals surface area (Å²) in [6.07, 6.45) is 6.25. The van der Waals surface area contributed by atoms with Crippen molar-refractivity contribution >= 4 is 33.2 Å². The highest BCUT2D eigenvalue weighted by Gasteiger charge is 2.13. The molecule has 1 fully saturated rings. The van der Waals surface area contributed by atoms with Crippen LogP contribution in [0.25, 0.3) is 20.9 Å². The molecule has 7 heteroatoms. The van der Waals surface area contributed by atoms with Crippen molar-refractivity contribution < 1.29 is 0 Å². The summed E-state index contributed by atoms with van der Waals surface area (Å²) in [6.45, 7) is 5.29. The maximum absolute atomic E-state index is 4.78. The van der Waals surface area contributed by atoms with E-state index in [1.54, 1.807) is 17.5 Å². The van der Waals surface area contributed by atoms with Crippen LogP contribution in [0.2, 0.25) is 0 Å². The van der Waals surface area contributed by atoms with E-state index in [1.165, 1.54) is 25.9 Å². The third-order valence-electron chi connectivity index (χ3n) is 5.13. The molecule has 5 rings (SSSR count). The van der Waals surface area contributed by atoms with E-state index in [1.807, 2.05) is 30.5 Å². The summed E-state index contributed by atoms with van der Waals surface area (Å²) in [5.74, 6) is 1.56. The second kappa shape index (κ2) is 7.85. The third-order valence-corrected chi connectivity index (χ3v) is 6.15. The second-order valence-corrected chi connectivity index (χ2v) is 8.38. The Morgan fingerprint density at radius 1 is 1.03 bits per heavy atom. The molecule has 1 N–H and O–H groups in total. The van der Waals surface area contributed by atoms with Gasteiger partial charge in [-0.1, -0.05) is 12.1 Å². The fourth-order valence-electron chi connectivity index (χ4n) is 3.65. The maximum Gasteiger partial charge on any atom is 0.143 e. The van der Waals surface area contributed by atoms with E-state index in [-0.39, 0.29) is 0 Å². The van der Waals surface area contributed by atoms with Gasteiger partial charge in [0.2, 0.25) is 0 Å². The van der Waals surface area contributed by atoms with Gasteiger partial charge in [-0.15, -0.1) is 11.3 Å². The molecule has 5 heterocycles. The quantitative estimate of drug-likeness (QED) is 0.517. The van der Waals surface area contributed by atoms with Crippen LogP contribution in [0.4, 0.5) is 11.6 Å².